The molecule has 0 unspecified atom stereocenters. The van der Waals surface area contributed by atoms with E-state index in [1.807, 2.05) is 18.2 Å². The van der Waals surface area contributed by atoms with Crippen LogP contribution in [0.3, 0.4) is 0 Å². The third-order valence-electron chi connectivity index (χ3n) is 7.24. The van der Waals surface area contributed by atoms with E-state index in [1.54, 1.807) is 30.1 Å². The van der Waals surface area contributed by atoms with Gasteiger partial charge >= 0.3 is 11.8 Å². The van der Waals surface area contributed by atoms with Crippen molar-refractivity contribution in [1.29, 1.82) is 0 Å². The number of hydrogen-bond acceptors (Lipinski definition) is 4. The fourth-order valence-electron chi connectivity index (χ4n) is 5.23. The van der Waals surface area contributed by atoms with Gasteiger partial charge in [-0.25, -0.2) is 22.3 Å². The number of amides is 2. The minimum atomic E-state index is -4.86. The van der Waals surface area contributed by atoms with Gasteiger partial charge in [0.2, 0.25) is 0 Å². The Morgan fingerprint density at radius 3 is 2.63 bits per heavy atom. The summed E-state index contributed by atoms with van der Waals surface area (Å²) < 4.78 is 73.5. The molecule has 2 bridgehead atoms. The van der Waals surface area contributed by atoms with E-state index in [9.17, 15) is 26.4 Å². The molecule has 2 aromatic rings. The zero-order valence-electron chi connectivity index (χ0n) is 19.1. The van der Waals surface area contributed by atoms with Crippen LogP contribution in [0.4, 0.5) is 18.0 Å². The molecule has 2 atom stereocenters. The summed E-state index contributed by atoms with van der Waals surface area (Å²) in [5.41, 5.74) is 1.45. The number of fused-ring (bicyclic) bond motifs is 5. The van der Waals surface area contributed by atoms with Crippen LogP contribution in [0.15, 0.2) is 42.5 Å². The van der Waals surface area contributed by atoms with Gasteiger partial charge in [0.05, 0.1) is 18.6 Å². The smallest absolute Gasteiger partial charge is 0.350 e. The van der Waals surface area contributed by atoms with Crippen molar-refractivity contribution in [2.45, 2.75) is 37.1 Å². The van der Waals surface area contributed by atoms with Gasteiger partial charge in [-0.1, -0.05) is 36.4 Å². The molecule has 2 aliphatic heterocycles. The van der Waals surface area contributed by atoms with E-state index >= 15 is 0 Å². The molecular weight excluding hydrogens is 483 g/mol. The zero-order valence-corrected chi connectivity index (χ0v) is 19.9. The van der Waals surface area contributed by atoms with Crippen LogP contribution in [0, 0.1) is 11.2 Å². The monoisotopic (exact) mass is 509 g/mol. The van der Waals surface area contributed by atoms with Crippen LogP contribution in [0.25, 0.3) is 11.1 Å². The second-order valence-electron chi connectivity index (χ2n) is 9.53. The van der Waals surface area contributed by atoms with Gasteiger partial charge in [0.15, 0.2) is 11.6 Å². The van der Waals surface area contributed by atoms with E-state index in [0.29, 0.717) is 24.0 Å². The highest BCUT2D eigenvalue weighted by Crippen LogP contribution is 2.56. The first kappa shape index (κ1) is 23.9. The van der Waals surface area contributed by atoms with Crippen LogP contribution in [-0.4, -0.2) is 68.8 Å². The number of nitrogens with one attached hydrogen (secondary N) is 1. The number of alkyl halides is 2. The number of benzene rings is 2. The Bertz CT molecular complexity index is 1250. The second kappa shape index (κ2) is 8.70. The molecular formula is C24H26F3N3O4S. The van der Waals surface area contributed by atoms with Crippen LogP contribution in [-0.2, 0) is 16.4 Å². The van der Waals surface area contributed by atoms with Crippen molar-refractivity contribution in [3.8, 4) is 16.9 Å². The summed E-state index contributed by atoms with van der Waals surface area (Å²) in [5, 5.41) is 0. The summed E-state index contributed by atoms with van der Waals surface area (Å²) in [4.78, 5) is 16.4. The lowest BCUT2D eigenvalue weighted by molar-refractivity contribution is 0.146. The molecule has 0 aromatic heterocycles. The molecule has 0 radical (unpaired) electrons. The average molecular weight is 510 g/mol. The molecule has 2 heterocycles. The maximum Gasteiger partial charge on any atom is 0.350 e. The molecule has 2 aromatic carbocycles. The molecule has 7 nitrogen and oxygen atoms in total. The minimum absolute atomic E-state index is 0.0426. The summed E-state index contributed by atoms with van der Waals surface area (Å²) in [6.45, 7) is 0.474. The normalized spacial score (nSPS) is 23.7. The number of sulfonamides is 1. The van der Waals surface area contributed by atoms with E-state index in [4.69, 9.17) is 4.74 Å². The van der Waals surface area contributed by atoms with Crippen molar-refractivity contribution < 1.29 is 31.1 Å². The Morgan fingerprint density at radius 1 is 1.17 bits per heavy atom. The van der Waals surface area contributed by atoms with E-state index < -0.39 is 39.1 Å². The fraction of sp³-hybridized carbons (Fsp3) is 0.458. The maximum absolute atomic E-state index is 14.6. The quantitative estimate of drug-likeness (QED) is 0.688. The Hall–Kier alpha value is -2.79. The molecule has 3 aliphatic rings. The van der Waals surface area contributed by atoms with E-state index in [0.717, 1.165) is 5.56 Å². The molecule has 1 N–H and O–H groups in total. The summed E-state index contributed by atoms with van der Waals surface area (Å²) in [5.74, 6) is -3.99. The van der Waals surface area contributed by atoms with Crippen molar-refractivity contribution in [2.75, 3.05) is 26.7 Å². The number of ether oxygens (including phenoxy) is 1. The molecule has 1 aliphatic carbocycles. The van der Waals surface area contributed by atoms with Crippen LogP contribution in [0.2, 0.25) is 0 Å². The molecule has 2 fully saturated rings. The molecule has 1 saturated carbocycles. The number of hydrogen-bond donors (Lipinski definition) is 1. The first-order valence-electron chi connectivity index (χ1n) is 11.4. The highest BCUT2D eigenvalue weighted by molar-refractivity contribution is 7.89. The van der Waals surface area contributed by atoms with Crippen LogP contribution < -0.4 is 9.46 Å². The van der Waals surface area contributed by atoms with Crippen LogP contribution in [0.1, 0.15) is 18.4 Å². The maximum atomic E-state index is 14.6. The Morgan fingerprint density at radius 2 is 1.91 bits per heavy atom. The summed E-state index contributed by atoms with van der Waals surface area (Å²) in [6.07, 6.45) is 1.53. The van der Waals surface area contributed by atoms with Crippen LogP contribution >= 0.6 is 0 Å². The minimum Gasteiger partial charge on any atom is -0.488 e. The van der Waals surface area contributed by atoms with Gasteiger partial charge in [-0.15, -0.1) is 0 Å². The third kappa shape index (κ3) is 4.35. The number of halogens is 3. The lowest BCUT2D eigenvalue weighted by Gasteiger charge is -2.32. The number of likely N-dealkylation sites (N-methyl/N-ethyl adjacent to an activating group) is 1. The Balaban J connectivity index is 1.58. The standard InChI is InChI=1S/C24H26F3N3O4S/c1-29-10-11-34-20-17(6-3-7-18(20)25)16-5-2-4-15(12-16)13-19-21(28-35(32,33)22(26)27)24(8-9-24)14-30(19)23(29)31/h2-7,12,19,21-22,28H,8-11,13-14H2,1H3/t19-,21+/m0/s1. The average Bonchev–Trinajstić information content (AvgIpc) is 3.54. The molecule has 2 amide bonds. The van der Waals surface area contributed by atoms with Crippen LogP contribution in [0.5, 0.6) is 5.75 Å². The zero-order chi connectivity index (χ0) is 25.0. The van der Waals surface area contributed by atoms with Crippen molar-refractivity contribution in [2.24, 2.45) is 5.41 Å². The molecule has 35 heavy (non-hydrogen) atoms. The van der Waals surface area contributed by atoms with Gasteiger partial charge < -0.3 is 14.5 Å². The number of urea groups is 1. The molecule has 11 heteroatoms. The highest BCUT2D eigenvalue weighted by Gasteiger charge is 2.62. The van der Waals surface area contributed by atoms with E-state index in [2.05, 4.69) is 4.72 Å². The number of para-hydroxylation sites is 1. The number of carbonyl (C=O) groups is 1. The fourth-order valence-corrected chi connectivity index (χ4v) is 6.10. The Kier molecular flexibility index (Phi) is 5.95. The third-order valence-corrected chi connectivity index (χ3v) is 8.29. The number of rotatable bonds is 3. The van der Waals surface area contributed by atoms with E-state index in [-0.39, 0.29) is 37.9 Å². The predicted molar refractivity (Wildman–Crippen MR) is 123 cm³/mol. The first-order chi connectivity index (χ1) is 16.6. The van der Waals surface area contributed by atoms with Crippen molar-refractivity contribution >= 4 is 16.1 Å². The summed E-state index contributed by atoms with van der Waals surface area (Å²) in [6, 6.07) is 10.0. The summed E-state index contributed by atoms with van der Waals surface area (Å²) >= 11 is 0. The number of nitrogens with zero attached hydrogens (tertiary/aromatic N) is 2. The topological polar surface area (TPSA) is 79.0 Å². The van der Waals surface area contributed by atoms with Gasteiger partial charge in [-0.2, -0.15) is 8.78 Å². The lowest BCUT2D eigenvalue weighted by atomic mass is 9.91. The van der Waals surface area contributed by atoms with Gasteiger partial charge in [-0.3, -0.25) is 0 Å². The molecule has 188 valence electrons. The van der Waals surface area contributed by atoms with Gasteiger partial charge in [0, 0.05) is 24.6 Å². The van der Waals surface area contributed by atoms with Gasteiger partial charge in [-0.05, 0) is 36.5 Å². The number of carbonyl (C=O) groups excluding carboxylic acids is 1. The predicted octanol–water partition coefficient (Wildman–Crippen LogP) is 3.45. The molecule has 1 spiro atoms. The SMILES string of the molecule is CN1CCOc2c(F)cccc2-c2cccc(c2)C[C@H]2[C@@H](NS(=O)(=O)C(F)F)C3(CC3)CN2C1=O. The lowest BCUT2D eigenvalue weighted by Crippen LogP contribution is -2.52. The largest absolute Gasteiger partial charge is 0.488 e. The van der Waals surface area contributed by atoms with Crippen molar-refractivity contribution in [3.63, 3.8) is 0 Å². The first-order valence-corrected chi connectivity index (χ1v) is 13.0. The van der Waals surface area contributed by atoms with Gasteiger partial charge in [0.1, 0.15) is 6.61 Å². The van der Waals surface area contributed by atoms with Crippen molar-refractivity contribution in [3.05, 3.63) is 53.8 Å². The van der Waals surface area contributed by atoms with E-state index in [1.165, 1.54) is 11.0 Å². The van der Waals surface area contributed by atoms with Gasteiger partial charge in [0.25, 0.3) is 10.0 Å². The van der Waals surface area contributed by atoms with Crippen molar-refractivity contribution in [1.82, 2.24) is 14.5 Å². The second-order valence-corrected chi connectivity index (χ2v) is 11.2. The molecule has 5 rings (SSSR count). The Labute approximate surface area is 201 Å². The molecule has 1 saturated heterocycles. The highest BCUT2D eigenvalue weighted by atomic mass is 32.2. The summed E-state index contributed by atoms with van der Waals surface area (Å²) in [7, 11) is -3.28.